The van der Waals surface area contributed by atoms with Crippen LogP contribution in [-0.4, -0.2) is 46.8 Å². The molecular weight excluding hydrogens is 388 g/mol. The Morgan fingerprint density at radius 1 is 0.966 bits per heavy atom. The van der Waals surface area contributed by atoms with Crippen LogP contribution in [0.25, 0.3) is 5.69 Å². The maximum Gasteiger partial charge on any atom is 0.292 e. The van der Waals surface area contributed by atoms with E-state index in [1.807, 2.05) is 30.3 Å². The number of rotatable bonds is 3. The molecule has 1 amide bonds. The largest absolute Gasteiger partial charge is 0.369 e. The van der Waals surface area contributed by atoms with E-state index in [-0.39, 0.29) is 16.5 Å². The van der Waals surface area contributed by atoms with Crippen LogP contribution in [0.1, 0.15) is 38.5 Å². The number of halogens is 1. The lowest BCUT2D eigenvalue weighted by atomic mass is 9.95. The van der Waals surface area contributed by atoms with Gasteiger partial charge < -0.3 is 9.80 Å². The summed E-state index contributed by atoms with van der Waals surface area (Å²) in [4.78, 5) is 29.8. The van der Waals surface area contributed by atoms with E-state index >= 15 is 0 Å². The molecule has 6 nitrogen and oxygen atoms in total. The molecule has 154 valence electrons. The number of piperidine rings is 1. The fourth-order valence-electron chi connectivity index (χ4n) is 4.31. The Labute approximate surface area is 176 Å². The molecule has 2 aliphatic heterocycles. The number of nitrogens with zero attached hydrogens (tertiary/aromatic N) is 4. The van der Waals surface area contributed by atoms with Crippen LogP contribution in [0.15, 0.2) is 41.3 Å². The van der Waals surface area contributed by atoms with E-state index < -0.39 is 0 Å². The van der Waals surface area contributed by atoms with Gasteiger partial charge in [0.05, 0.1) is 17.6 Å². The van der Waals surface area contributed by atoms with Gasteiger partial charge in [0.15, 0.2) is 0 Å². The lowest BCUT2D eigenvalue weighted by molar-refractivity contribution is -0.136. The molecule has 0 aliphatic carbocycles. The lowest BCUT2D eigenvalue weighted by Crippen LogP contribution is -2.43. The van der Waals surface area contributed by atoms with Gasteiger partial charge in [-0.05, 0) is 37.8 Å². The summed E-state index contributed by atoms with van der Waals surface area (Å²) in [5.41, 5.74) is 1.02. The molecule has 29 heavy (non-hydrogen) atoms. The topological polar surface area (TPSA) is 58.4 Å². The predicted octanol–water partition coefficient (Wildman–Crippen LogP) is 3.50. The molecule has 1 aromatic carbocycles. The molecule has 4 rings (SSSR count). The van der Waals surface area contributed by atoms with E-state index in [1.165, 1.54) is 17.5 Å². The van der Waals surface area contributed by atoms with Gasteiger partial charge in [0.25, 0.3) is 5.56 Å². The molecule has 3 heterocycles. The van der Waals surface area contributed by atoms with E-state index in [2.05, 4.69) is 14.9 Å². The van der Waals surface area contributed by atoms with Crippen molar-refractivity contribution >= 4 is 23.2 Å². The molecule has 0 unspecified atom stereocenters. The van der Waals surface area contributed by atoms with Gasteiger partial charge in [-0.1, -0.05) is 42.6 Å². The number of para-hydroxylation sites is 1. The third-order valence-corrected chi connectivity index (χ3v) is 6.36. The molecule has 0 radical (unpaired) electrons. The van der Waals surface area contributed by atoms with Crippen LogP contribution < -0.4 is 10.5 Å². The lowest BCUT2D eigenvalue weighted by Gasteiger charge is -2.35. The zero-order chi connectivity index (χ0) is 20.2. The highest BCUT2D eigenvalue weighted by Crippen LogP contribution is 2.28. The Morgan fingerprint density at radius 2 is 1.62 bits per heavy atom. The van der Waals surface area contributed by atoms with Crippen molar-refractivity contribution in [3.8, 4) is 5.69 Å². The number of benzene rings is 1. The number of anilines is 1. The summed E-state index contributed by atoms with van der Waals surface area (Å²) in [6.07, 6.45) is 7.91. The quantitative estimate of drug-likeness (QED) is 0.771. The van der Waals surface area contributed by atoms with Crippen LogP contribution in [0, 0.1) is 5.92 Å². The van der Waals surface area contributed by atoms with E-state index in [1.54, 1.807) is 6.20 Å². The Kier molecular flexibility index (Phi) is 6.19. The summed E-state index contributed by atoms with van der Waals surface area (Å²) in [5.74, 6) is 0.371. The molecule has 0 atom stereocenters. The van der Waals surface area contributed by atoms with Crippen LogP contribution >= 0.6 is 11.6 Å². The minimum Gasteiger partial charge on any atom is -0.369 e. The van der Waals surface area contributed by atoms with E-state index in [0.29, 0.717) is 30.4 Å². The summed E-state index contributed by atoms with van der Waals surface area (Å²) < 4.78 is 1.32. The third-order valence-electron chi connectivity index (χ3n) is 6.00. The molecule has 7 heteroatoms. The van der Waals surface area contributed by atoms with Gasteiger partial charge in [-0.2, -0.15) is 9.78 Å². The minimum atomic E-state index is -0.321. The van der Waals surface area contributed by atoms with Crippen LogP contribution in [0.5, 0.6) is 0 Å². The second-order valence-corrected chi connectivity index (χ2v) is 8.28. The molecule has 0 saturated carbocycles. The number of hydrogen-bond acceptors (Lipinski definition) is 4. The zero-order valence-corrected chi connectivity index (χ0v) is 17.4. The summed E-state index contributed by atoms with van der Waals surface area (Å²) in [5, 5.41) is 4.51. The number of carbonyl (C=O) groups is 1. The first-order valence-corrected chi connectivity index (χ1v) is 10.9. The van der Waals surface area contributed by atoms with Gasteiger partial charge in [-0.15, -0.1) is 0 Å². The molecule has 2 saturated heterocycles. The zero-order valence-electron chi connectivity index (χ0n) is 16.6. The van der Waals surface area contributed by atoms with Crippen molar-refractivity contribution in [2.45, 2.75) is 38.5 Å². The van der Waals surface area contributed by atoms with Crippen LogP contribution in [0.3, 0.4) is 0 Å². The van der Waals surface area contributed by atoms with E-state index in [4.69, 9.17) is 11.6 Å². The minimum absolute atomic E-state index is 0.0702. The monoisotopic (exact) mass is 414 g/mol. The maximum absolute atomic E-state index is 12.9. The smallest absolute Gasteiger partial charge is 0.292 e. The first-order chi connectivity index (χ1) is 14.1. The van der Waals surface area contributed by atoms with Crippen molar-refractivity contribution in [3.05, 3.63) is 51.9 Å². The number of amides is 1. The van der Waals surface area contributed by atoms with Gasteiger partial charge in [0, 0.05) is 32.1 Å². The molecule has 0 bridgehead atoms. The normalized spacial score (nSPS) is 18.5. The molecule has 2 fully saturated rings. The summed E-state index contributed by atoms with van der Waals surface area (Å²) in [7, 11) is 0. The van der Waals surface area contributed by atoms with Gasteiger partial charge in [-0.25, -0.2) is 0 Å². The second-order valence-electron chi connectivity index (χ2n) is 7.90. The van der Waals surface area contributed by atoms with Gasteiger partial charge in [0.2, 0.25) is 5.91 Å². The van der Waals surface area contributed by atoms with Crippen molar-refractivity contribution in [1.29, 1.82) is 0 Å². The Balaban J connectivity index is 1.44. The number of likely N-dealkylation sites (tertiary alicyclic amines) is 1. The molecular formula is C22H27ClN4O2. The average molecular weight is 415 g/mol. The van der Waals surface area contributed by atoms with Crippen molar-refractivity contribution in [1.82, 2.24) is 14.7 Å². The van der Waals surface area contributed by atoms with Crippen molar-refractivity contribution in [2.24, 2.45) is 5.92 Å². The van der Waals surface area contributed by atoms with Crippen molar-refractivity contribution in [3.63, 3.8) is 0 Å². The third kappa shape index (κ3) is 4.32. The summed E-state index contributed by atoms with van der Waals surface area (Å²) in [6.45, 7) is 3.21. The Hall–Kier alpha value is -2.34. The van der Waals surface area contributed by atoms with Crippen LogP contribution in [-0.2, 0) is 4.79 Å². The fraction of sp³-hybridized carbons (Fsp3) is 0.500. The van der Waals surface area contributed by atoms with Gasteiger partial charge in [-0.3, -0.25) is 9.59 Å². The average Bonchev–Trinajstić information content (AvgIpc) is 3.05. The Morgan fingerprint density at radius 3 is 2.28 bits per heavy atom. The molecule has 1 aromatic heterocycles. The van der Waals surface area contributed by atoms with Crippen molar-refractivity contribution in [2.75, 3.05) is 31.1 Å². The van der Waals surface area contributed by atoms with Crippen LogP contribution in [0.2, 0.25) is 5.02 Å². The predicted molar refractivity (Wildman–Crippen MR) is 115 cm³/mol. The fourth-order valence-corrected chi connectivity index (χ4v) is 4.56. The molecule has 0 N–H and O–H groups in total. The standard InChI is InChI=1S/C22H27ClN4O2/c23-20-19(16-24-27(22(20)29)18-8-4-3-5-9-18)25-14-10-17(11-15-25)21(28)26-12-6-1-2-7-13-26/h3-5,8-9,16-17H,1-2,6-7,10-15H2. The number of carbonyl (C=O) groups excluding carboxylic acids is 1. The van der Waals surface area contributed by atoms with Gasteiger partial charge >= 0.3 is 0 Å². The number of hydrogen-bond donors (Lipinski definition) is 0. The Bertz CT molecular complexity index is 899. The van der Waals surface area contributed by atoms with Crippen molar-refractivity contribution < 1.29 is 4.79 Å². The molecule has 2 aromatic rings. The maximum atomic E-state index is 12.9. The molecule has 0 spiro atoms. The summed E-state index contributed by atoms with van der Waals surface area (Å²) in [6, 6.07) is 9.25. The first-order valence-electron chi connectivity index (χ1n) is 10.5. The highest BCUT2D eigenvalue weighted by molar-refractivity contribution is 6.33. The van der Waals surface area contributed by atoms with E-state index in [0.717, 1.165) is 38.8 Å². The second kappa shape index (κ2) is 8.99. The SMILES string of the molecule is O=C(C1CCN(c2cnn(-c3ccccc3)c(=O)c2Cl)CC1)N1CCCCCC1. The number of aromatic nitrogens is 2. The highest BCUT2D eigenvalue weighted by atomic mass is 35.5. The first kappa shape index (κ1) is 20.0. The molecule has 2 aliphatic rings. The van der Waals surface area contributed by atoms with Crippen LogP contribution in [0.4, 0.5) is 5.69 Å². The highest BCUT2D eigenvalue weighted by Gasteiger charge is 2.30. The van der Waals surface area contributed by atoms with Gasteiger partial charge in [0.1, 0.15) is 5.02 Å². The summed E-state index contributed by atoms with van der Waals surface area (Å²) >= 11 is 6.43. The van der Waals surface area contributed by atoms with E-state index in [9.17, 15) is 9.59 Å².